The molecule has 0 unspecified atom stereocenters. The molecule has 0 heterocycles. The first-order chi connectivity index (χ1) is 7.88. The summed E-state index contributed by atoms with van der Waals surface area (Å²) in [6.45, 7) is 7.90. The van der Waals surface area contributed by atoms with Crippen molar-refractivity contribution < 1.29 is 9.53 Å². The molecule has 0 aliphatic heterocycles. The van der Waals surface area contributed by atoms with Crippen LogP contribution in [-0.4, -0.2) is 12.5 Å². The second-order valence-corrected chi connectivity index (χ2v) is 4.84. The average molecular weight is 236 g/mol. The van der Waals surface area contributed by atoms with E-state index in [1.165, 1.54) is 5.56 Å². The Kier molecular flexibility index (Phi) is 4.12. The Hall–Kier alpha value is -1.55. The molecule has 1 aromatic rings. The largest absolute Gasteiger partial charge is 0.492 e. The van der Waals surface area contributed by atoms with Crippen LogP contribution in [0.2, 0.25) is 0 Å². The number of benzene rings is 1. The number of ether oxygens (including phenoxy) is 1. The summed E-state index contributed by atoms with van der Waals surface area (Å²) in [6, 6.07) is 5.87. The van der Waals surface area contributed by atoms with Crippen LogP contribution < -0.4 is 16.0 Å². The van der Waals surface area contributed by atoms with E-state index in [4.69, 9.17) is 10.6 Å². The van der Waals surface area contributed by atoms with Crippen LogP contribution in [0.1, 0.15) is 25.0 Å². The highest BCUT2D eigenvalue weighted by Gasteiger charge is 2.28. The predicted molar refractivity (Wildman–Crippen MR) is 67.5 cm³/mol. The number of hydrogen-bond acceptors (Lipinski definition) is 3. The van der Waals surface area contributed by atoms with Gasteiger partial charge in [0.25, 0.3) is 0 Å². The smallest absolute Gasteiger partial charge is 0.242 e. The topological polar surface area (TPSA) is 64.3 Å². The van der Waals surface area contributed by atoms with Gasteiger partial charge in [0.2, 0.25) is 5.91 Å². The highest BCUT2D eigenvalue weighted by atomic mass is 16.5. The van der Waals surface area contributed by atoms with Crippen molar-refractivity contribution in [2.45, 2.75) is 27.7 Å². The molecule has 4 heteroatoms. The summed E-state index contributed by atoms with van der Waals surface area (Å²) in [4.78, 5) is 11.5. The molecule has 17 heavy (non-hydrogen) atoms. The normalized spacial score (nSPS) is 11.1. The number of carbonyl (C=O) groups is 1. The minimum atomic E-state index is -0.648. The lowest BCUT2D eigenvalue weighted by atomic mass is 9.94. The Morgan fingerprint density at radius 2 is 2.06 bits per heavy atom. The third kappa shape index (κ3) is 3.20. The quantitative estimate of drug-likeness (QED) is 0.475. The van der Waals surface area contributed by atoms with Crippen molar-refractivity contribution in [2.24, 2.45) is 11.3 Å². The van der Waals surface area contributed by atoms with Gasteiger partial charge in [-0.2, -0.15) is 0 Å². The molecule has 3 N–H and O–H groups in total. The lowest BCUT2D eigenvalue weighted by Crippen LogP contribution is -2.44. The third-order valence-corrected chi connectivity index (χ3v) is 2.89. The molecule has 1 rings (SSSR count). The molecular weight excluding hydrogens is 216 g/mol. The first-order valence-electron chi connectivity index (χ1n) is 5.58. The minimum Gasteiger partial charge on any atom is -0.492 e. The number of aryl methyl sites for hydroxylation is 1. The summed E-state index contributed by atoms with van der Waals surface area (Å²) in [5.74, 6) is 5.70. The van der Waals surface area contributed by atoms with Crippen LogP contribution in [0.3, 0.4) is 0 Å². The van der Waals surface area contributed by atoms with Crippen molar-refractivity contribution in [1.82, 2.24) is 5.43 Å². The molecule has 94 valence electrons. The number of nitrogens with two attached hydrogens (primary N) is 1. The van der Waals surface area contributed by atoms with Gasteiger partial charge in [-0.15, -0.1) is 0 Å². The Balaban J connectivity index is 2.74. The van der Waals surface area contributed by atoms with Gasteiger partial charge in [-0.05, 0) is 44.9 Å². The molecular formula is C13H20N2O2. The lowest BCUT2D eigenvalue weighted by molar-refractivity contribution is -0.130. The van der Waals surface area contributed by atoms with Crippen molar-refractivity contribution in [3.63, 3.8) is 0 Å². The minimum absolute atomic E-state index is 0.234. The number of amides is 1. The van der Waals surface area contributed by atoms with E-state index in [0.717, 1.165) is 11.3 Å². The van der Waals surface area contributed by atoms with E-state index in [0.29, 0.717) is 6.61 Å². The standard InChI is InChI=1S/C13H20N2O2/c1-9-6-5-7-11(10(9)2)17-8-13(3,4)12(16)15-14/h5-7H,8,14H2,1-4H3,(H,15,16). The van der Waals surface area contributed by atoms with E-state index in [2.05, 4.69) is 5.43 Å². The molecule has 0 radical (unpaired) electrons. The molecule has 0 saturated carbocycles. The molecule has 0 bridgehead atoms. The lowest BCUT2D eigenvalue weighted by Gasteiger charge is -2.23. The van der Waals surface area contributed by atoms with E-state index >= 15 is 0 Å². The molecule has 0 atom stereocenters. The van der Waals surface area contributed by atoms with Gasteiger partial charge in [0.1, 0.15) is 12.4 Å². The first kappa shape index (κ1) is 13.5. The monoisotopic (exact) mass is 236 g/mol. The van der Waals surface area contributed by atoms with Gasteiger partial charge < -0.3 is 4.74 Å². The molecule has 1 aromatic carbocycles. The van der Waals surface area contributed by atoms with Crippen LogP contribution >= 0.6 is 0 Å². The molecule has 0 saturated heterocycles. The second kappa shape index (κ2) is 5.19. The van der Waals surface area contributed by atoms with Crippen LogP contribution in [-0.2, 0) is 4.79 Å². The predicted octanol–water partition coefficient (Wildman–Crippen LogP) is 1.70. The third-order valence-electron chi connectivity index (χ3n) is 2.89. The zero-order valence-electron chi connectivity index (χ0n) is 10.8. The Bertz CT molecular complexity index is 414. The zero-order valence-corrected chi connectivity index (χ0v) is 10.8. The average Bonchev–Trinajstić information content (AvgIpc) is 2.30. The maximum absolute atomic E-state index is 11.5. The maximum atomic E-state index is 11.5. The van der Waals surface area contributed by atoms with E-state index < -0.39 is 5.41 Å². The number of carbonyl (C=O) groups excluding carboxylic acids is 1. The summed E-state index contributed by atoms with van der Waals surface area (Å²) in [6.07, 6.45) is 0. The number of rotatable bonds is 4. The van der Waals surface area contributed by atoms with Gasteiger partial charge in [0.05, 0.1) is 5.41 Å². The molecule has 1 amide bonds. The highest BCUT2D eigenvalue weighted by Crippen LogP contribution is 2.23. The molecule has 0 aliphatic carbocycles. The molecule has 0 spiro atoms. The SMILES string of the molecule is Cc1cccc(OCC(C)(C)C(=O)NN)c1C. The summed E-state index contributed by atoms with van der Waals surface area (Å²) >= 11 is 0. The number of hydrogen-bond donors (Lipinski definition) is 2. The number of hydrazine groups is 1. The van der Waals surface area contributed by atoms with Crippen LogP contribution in [0.4, 0.5) is 0 Å². The number of nitrogens with one attached hydrogen (secondary N) is 1. The Morgan fingerprint density at radius 1 is 1.41 bits per heavy atom. The van der Waals surface area contributed by atoms with E-state index in [1.54, 1.807) is 13.8 Å². The molecule has 0 aromatic heterocycles. The van der Waals surface area contributed by atoms with Crippen LogP contribution in [0, 0.1) is 19.3 Å². The van der Waals surface area contributed by atoms with Crippen molar-refractivity contribution in [2.75, 3.05) is 6.61 Å². The van der Waals surface area contributed by atoms with Gasteiger partial charge in [-0.3, -0.25) is 10.2 Å². The molecule has 0 fully saturated rings. The first-order valence-corrected chi connectivity index (χ1v) is 5.58. The summed E-state index contributed by atoms with van der Waals surface area (Å²) in [7, 11) is 0. The van der Waals surface area contributed by atoms with Crippen molar-refractivity contribution in [3.8, 4) is 5.75 Å². The summed E-state index contributed by atoms with van der Waals surface area (Å²) in [5.41, 5.74) is 3.76. The fourth-order valence-electron chi connectivity index (χ4n) is 1.40. The Morgan fingerprint density at radius 3 is 2.65 bits per heavy atom. The van der Waals surface area contributed by atoms with E-state index in [9.17, 15) is 4.79 Å². The van der Waals surface area contributed by atoms with Crippen molar-refractivity contribution in [1.29, 1.82) is 0 Å². The zero-order chi connectivity index (χ0) is 13.1. The summed E-state index contributed by atoms with van der Waals surface area (Å²) < 4.78 is 5.69. The molecule has 4 nitrogen and oxygen atoms in total. The maximum Gasteiger partial charge on any atom is 0.242 e. The fourth-order valence-corrected chi connectivity index (χ4v) is 1.40. The van der Waals surface area contributed by atoms with E-state index in [-0.39, 0.29) is 5.91 Å². The van der Waals surface area contributed by atoms with Crippen LogP contribution in [0.25, 0.3) is 0 Å². The Labute approximate surface area is 102 Å². The molecule has 0 aliphatic rings. The van der Waals surface area contributed by atoms with Gasteiger partial charge in [0, 0.05) is 0 Å². The fraction of sp³-hybridized carbons (Fsp3) is 0.462. The van der Waals surface area contributed by atoms with Gasteiger partial charge in [-0.25, -0.2) is 5.84 Å². The van der Waals surface area contributed by atoms with Crippen LogP contribution in [0.15, 0.2) is 18.2 Å². The summed E-state index contributed by atoms with van der Waals surface area (Å²) in [5, 5.41) is 0. The highest BCUT2D eigenvalue weighted by molar-refractivity contribution is 5.81. The van der Waals surface area contributed by atoms with E-state index in [1.807, 2.05) is 32.0 Å². The van der Waals surface area contributed by atoms with Crippen LogP contribution in [0.5, 0.6) is 5.75 Å². The van der Waals surface area contributed by atoms with Gasteiger partial charge in [-0.1, -0.05) is 12.1 Å². The van der Waals surface area contributed by atoms with Gasteiger partial charge in [0.15, 0.2) is 0 Å². The van der Waals surface area contributed by atoms with Crippen molar-refractivity contribution >= 4 is 5.91 Å². The second-order valence-electron chi connectivity index (χ2n) is 4.84. The van der Waals surface area contributed by atoms with Gasteiger partial charge >= 0.3 is 0 Å². The van der Waals surface area contributed by atoms with Crippen molar-refractivity contribution in [3.05, 3.63) is 29.3 Å².